The Morgan fingerprint density at radius 2 is 1.51 bits per heavy atom. The third-order valence-corrected chi connectivity index (χ3v) is 17.9. The molecule has 2 unspecified atom stereocenters. The highest BCUT2D eigenvalue weighted by atomic mass is 16.6. The predicted octanol–water partition coefficient (Wildman–Crippen LogP) is 8.35. The van der Waals surface area contributed by atoms with Gasteiger partial charge in [0.15, 0.2) is 17.6 Å². The Morgan fingerprint density at radius 1 is 0.871 bits per heavy atom. The van der Waals surface area contributed by atoms with Crippen LogP contribution in [0.5, 0.6) is 17.2 Å². The largest absolute Gasteiger partial charge is 0.479 e. The molecule has 2 aliphatic heterocycles. The average molecular weight is 972 g/mol. The Morgan fingerprint density at radius 3 is 2.13 bits per heavy atom. The van der Waals surface area contributed by atoms with Crippen molar-refractivity contribution >= 4 is 29.8 Å². The molecule has 1 N–H and O–H groups in total. The molecule has 7 aliphatic rings. The highest BCUT2D eigenvalue weighted by molar-refractivity contribution is 5.79. The summed E-state index contributed by atoms with van der Waals surface area (Å²) in [4.78, 5) is 66.5. The second kappa shape index (κ2) is 18.2. The summed E-state index contributed by atoms with van der Waals surface area (Å²) in [5.74, 6) is -1.52. The predicted molar refractivity (Wildman–Crippen MR) is 260 cm³/mol. The Hall–Kier alpha value is -4.53. The first-order valence-corrected chi connectivity index (χ1v) is 25.5. The van der Waals surface area contributed by atoms with E-state index < -0.39 is 74.9 Å². The number of fused-ring (bicyclic) bond motifs is 2. The van der Waals surface area contributed by atoms with E-state index in [-0.39, 0.29) is 49.9 Å². The average Bonchev–Trinajstić information content (AvgIpc) is 4.01. The number of aryl methyl sites for hydroxylation is 2. The molecule has 70 heavy (non-hydrogen) atoms. The van der Waals surface area contributed by atoms with E-state index in [1.165, 1.54) is 32.3 Å². The lowest BCUT2D eigenvalue weighted by Crippen LogP contribution is -2.87. The van der Waals surface area contributed by atoms with Crippen LogP contribution in [0.4, 0.5) is 0 Å². The maximum absolute atomic E-state index is 14.5. The molecule has 2 aromatic carbocycles. The summed E-state index contributed by atoms with van der Waals surface area (Å²) in [5, 5.41) is 12.8. The minimum atomic E-state index is -1.09. The molecule has 14 heteroatoms. The van der Waals surface area contributed by atoms with Gasteiger partial charge in [-0.15, -0.1) is 0 Å². The minimum absolute atomic E-state index is 0.0504. The number of likely N-dealkylation sites (tertiary alicyclic amines) is 1. The van der Waals surface area contributed by atoms with Crippen LogP contribution in [0.3, 0.4) is 0 Å². The van der Waals surface area contributed by atoms with Crippen LogP contribution in [-0.2, 0) is 60.2 Å². The number of esters is 5. The van der Waals surface area contributed by atoms with E-state index in [1.54, 1.807) is 20.1 Å². The second-order valence-electron chi connectivity index (χ2n) is 24.0. The van der Waals surface area contributed by atoms with Crippen LogP contribution in [0.25, 0.3) is 0 Å². The van der Waals surface area contributed by atoms with Gasteiger partial charge < -0.3 is 38.3 Å². The Bertz CT molecular complexity index is 2410. The van der Waals surface area contributed by atoms with Gasteiger partial charge in [-0.25, -0.2) is 0 Å². The highest BCUT2D eigenvalue weighted by Gasteiger charge is 2.87. The fraction of sp³-hybridized carbons (Fsp3) is 0.696. The number of hydrogen-bond donors (Lipinski definition) is 1. The van der Waals surface area contributed by atoms with Gasteiger partial charge in [0, 0.05) is 74.3 Å². The molecule has 2 aromatic rings. The van der Waals surface area contributed by atoms with Crippen molar-refractivity contribution in [1.29, 1.82) is 0 Å². The van der Waals surface area contributed by atoms with Crippen molar-refractivity contribution in [3.8, 4) is 17.2 Å². The van der Waals surface area contributed by atoms with Gasteiger partial charge in [-0.05, 0) is 125 Å². The maximum Gasteiger partial charge on any atom is 0.312 e. The monoisotopic (exact) mass is 972 g/mol. The molecule has 5 fully saturated rings. The molecule has 4 saturated carbocycles. The van der Waals surface area contributed by atoms with Crippen LogP contribution in [0, 0.1) is 42.4 Å². The van der Waals surface area contributed by atoms with E-state index in [2.05, 4.69) is 38.7 Å². The number of ether oxygens (including phenoxy) is 7. The summed E-state index contributed by atoms with van der Waals surface area (Å²) in [5.41, 5.74) is 0.0496. The van der Waals surface area contributed by atoms with E-state index in [0.29, 0.717) is 22.8 Å². The van der Waals surface area contributed by atoms with Gasteiger partial charge >= 0.3 is 29.8 Å². The zero-order valence-electron chi connectivity index (χ0n) is 43.9. The van der Waals surface area contributed by atoms with E-state index >= 15 is 0 Å². The molecule has 8 atom stereocenters. The molecule has 1 saturated heterocycles. The second-order valence-corrected chi connectivity index (χ2v) is 24.0. The van der Waals surface area contributed by atoms with Crippen LogP contribution < -0.4 is 14.2 Å². The van der Waals surface area contributed by atoms with Crippen molar-refractivity contribution in [3.63, 3.8) is 0 Å². The van der Waals surface area contributed by atoms with E-state index in [9.17, 15) is 29.1 Å². The Balaban J connectivity index is 1.03. The number of hydrogen-bond acceptors (Lipinski definition) is 14. The van der Waals surface area contributed by atoms with Gasteiger partial charge in [-0.1, -0.05) is 53.7 Å². The van der Waals surface area contributed by atoms with E-state index in [4.69, 9.17) is 33.2 Å². The smallest absolute Gasteiger partial charge is 0.312 e. The lowest BCUT2D eigenvalue weighted by atomic mass is 9.30. The fourth-order valence-corrected chi connectivity index (χ4v) is 14.4. The lowest BCUT2D eigenvalue weighted by Gasteiger charge is -2.78. The molecule has 0 aromatic heterocycles. The van der Waals surface area contributed by atoms with Gasteiger partial charge in [-0.3, -0.25) is 28.9 Å². The van der Waals surface area contributed by atoms with Crippen molar-refractivity contribution < 1.29 is 62.2 Å². The van der Waals surface area contributed by atoms with E-state index in [0.717, 1.165) is 67.8 Å². The molecular weight excluding hydrogens is 895 g/mol. The lowest BCUT2D eigenvalue weighted by molar-refractivity contribution is -0.345. The molecule has 9 rings (SSSR count). The molecular formula is C56H77NO13. The summed E-state index contributed by atoms with van der Waals surface area (Å²) >= 11 is 0. The standard InChI is InChI=1S/C56H77NO13/c1-32-22-34(3)47(41(23-32)69-45(61)25-33(2)24-44(60)67-39(30-65-35(4)58)31-66-36(5)59)51(9,10)28-46(62)68-40-17-16-38-26-43-54-18-19-56(64-13,42(27-54)52(11,63)50(6,7)8)53(12)55(54,48(38)49(40)70-53)20-21-57(43)29-37-14-15-37/h16-17,22-23,33,37,39,42-43,63H,14-15,18-21,24-31H2,1-13H3/t33?,42-,43?,52+,53+,54-,55+,56-/m1/s1. The van der Waals surface area contributed by atoms with Crippen LogP contribution >= 0.6 is 0 Å². The zero-order valence-corrected chi connectivity index (χ0v) is 43.9. The topological polar surface area (TPSA) is 173 Å². The number of methoxy groups -OCH3 is 1. The van der Waals surface area contributed by atoms with Crippen molar-refractivity contribution in [2.45, 2.75) is 187 Å². The van der Waals surface area contributed by atoms with Crippen molar-refractivity contribution in [3.05, 3.63) is 52.1 Å². The van der Waals surface area contributed by atoms with Gasteiger partial charge in [0.1, 0.15) is 30.2 Å². The van der Waals surface area contributed by atoms with Crippen molar-refractivity contribution in [1.82, 2.24) is 4.90 Å². The quantitative estimate of drug-likeness (QED) is 0.0858. The normalized spacial score (nSPS) is 28.8. The van der Waals surface area contributed by atoms with Crippen molar-refractivity contribution in [2.75, 3.05) is 33.4 Å². The number of nitrogens with zero attached hydrogens (tertiary/aromatic N) is 1. The van der Waals surface area contributed by atoms with Crippen LogP contribution in [0.2, 0.25) is 0 Å². The molecule has 2 spiro atoms. The molecule has 2 heterocycles. The summed E-state index contributed by atoms with van der Waals surface area (Å²) in [7, 11) is 1.79. The third kappa shape index (κ3) is 8.52. The Kier molecular flexibility index (Phi) is 13.5. The highest BCUT2D eigenvalue weighted by Crippen LogP contribution is 2.81. The number of rotatable bonds is 18. The first-order chi connectivity index (χ1) is 32.6. The summed E-state index contributed by atoms with van der Waals surface area (Å²) in [6.07, 6.45) is 5.53. The molecule has 5 aliphatic carbocycles. The van der Waals surface area contributed by atoms with Gasteiger partial charge in [-0.2, -0.15) is 0 Å². The first-order valence-electron chi connectivity index (χ1n) is 25.5. The van der Waals surface area contributed by atoms with Crippen molar-refractivity contribution in [2.24, 2.45) is 28.6 Å². The molecule has 0 amide bonds. The fourth-order valence-electron chi connectivity index (χ4n) is 14.4. The molecule has 4 bridgehead atoms. The van der Waals surface area contributed by atoms with E-state index in [1.807, 2.05) is 46.8 Å². The third-order valence-electron chi connectivity index (χ3n) is 17.9. The Labute approximate surface area is 414 Å². The molecule has 384 valence electrons. The SMILES string of the molecule is CO[C@]12CC[C@@]3(C[C@@H]1[C@](C)(O)C(C)(C)C)C1Cc4ccc(OC(=O)CC(C)(C)c5c(C)cc(C)cc5OC(=O)CC(C)CC(=O)OC(COC(C)=O)COC(C)=O)c5c4[C@@]3(CCN1CC1CC1)[C@]2(C)O5. The van der Waals surface area contributed by atoms with Gasteiger partial charge in [0.05, 0.1) is 17.4 Å². The number of carbonyl (C=O) groups excluding carboxylic acids is 5. The van der Waals surface area contributed by atoms with Crippen LogP contribution in [0.15, 0.2) is 24.3 Å². The van der Waals surface area contributed by atoms with Gasteiger partial charge in [0.25, 0.3) is 0 Å². The number of carbonyl (C=O) groups is 5. The molecule has 14 nitrogen and oxygen atoms in total. The van der Waals surface area contributed by atoms with Crippen LogP contribution in [0.1, 0.15) is 155 Å². The molecule has 0 radical (unpaired) electrons. The minimum Gasteiger partial charge on any atom is -0.479 e. The summed E-state index contributed by atoms with van der Waals surface area (Å²) < 4.78 is 42.4. The van der Waals surface area contributed by atoms with Crippen LogP contribution in [-0.4, -0.2) is 102 Å². The number of piperidine rings is 1. The summed E-state index contributed by atoms with van der Waals surface area (Å²) in [6.45, 7) is 23.9. The maximum atomic E-state index is 14.5. The zero-order chi connectivity index (χ0) is 51.1. The van der Waals surface area contributed by atoms with Gasteiger partial charge in [0.2, 0.25) is 0 Å². The number of benzene rings is 2. The number of aliphatic hydroxyl groups is 1. The first kappa shape index (κ1) is 51.8. The summed E-state index contributed by atoms with van der Waals surface area (Å²) in [6, 6.07) is 8.11.